The summed E-state index contributed by atoms with van der Waals surface area (Å²) in [6, 6.07) is 3.18. The molecule has 2 heterocycles. The number of amides is 1. The minimum atomic E-state index is -0.715. The normalized spacial score (nSPS) is 10.9. The van der Waals surface area contributed by atoms with E-state index < -0.39 is 17.2 Å². The molecule has 1 amide bonds. The predicted octanol–water partition coefficient (Wildman–Crippen LogP) is 1.93. The quantitative estimate of drug-likeness (QED) is 0.703. The molecule has 2 aromatic heterocycles. The van der Waals surface area contributed by atoms with Gasteiger partial charge in [-0.05, 0) is 18.6 Å². The van der Waals surface area contributed by atoms with Crippen LogP contribution in [0.1, 0.15) is 29.4 Å². The Labute approximate surface area is 159 Å². The molecule has 2 aromatic rings. The van der Waals surface area contributed by atoms with E-state index in [0.717, 1.165) is 17.8 Å². The van der Waals surface area contributed by atoms with E-state index in [2.05, 4.69) is 4.98 Å². The average molecular weight is 401 g/mol. The Bertz CT molecular complexity index is 889. The Hall–Kier alpha value is -2.10. The third-order valence-corrected chi connectivity index (χ3v) is 4.99. The van der Waals surface area contributed by atoms with E-state index >= 15 is 0 Å². The lowest BCUT2D eigenvalue weighted by molar-refractivity contribution is 0.0979. The van der Waals surface area contributed by atoms with Crippen molar-refractivity contribution in [3.8, 4) is 0 Å². The summed E-state index contributed by atoms with van der Waals surface area (Å²) < 4.78 is 6.77. The molecule has 0 radical (unpaired) electrons. The molecule has 0 atom stereocenters. The number of anilines is 2. The number of carbonyl (C=O) groups excluding carboxylic acids is 1. The molecule has 2 rings (SSSR count). The first kappa shape index (κ1) is 20.2. The van der Waals surface area contributed by atoms with Crippen molar-refractivity contribution in [2.45, 2.75) is 26.3 Å². The topological polar surface area (TPSA) is 110 Å². The van der Waals surface area contributed by atoms with Crippen molar-refractivity contribution in [2.75, 3.05) is 30.9 Å². The van der Waals surface area contributed by atoms with E-state index in [0.29, 0.717) is 22.2 Å². The highest BCUT2D eigenvalue weighted by molar-refractivity contribution is 7.18. The summed E-state index contributed by atoms with van der Waals surface area (Å²) in [6.07, 6.45) is 1.56. The lowest BCUT2D eigenvalue weighted by Gasteiger charge is -2.23. The first-order valence-corrected chi connectivity index (χ1v) is 9.28. The van der Waals surface area contributed by atoms with Crippen molar-refractivity contribution in [3.05, 3.63) is 42.2 Å². The summed E-state index contributed by atoms with van der Waals surface area (Å²) in [5.74, 6) is -0.476. The second kappa shape index (κ2) is 9.02. The predicted molar refractivity (Wildman–Crippen MR) is 104 cm³/mol. The monoisotopic (exact) mass is 400 g/mol. The van der Waals surface area contributed by atoms with E-state index in [1.54, 1.807) is 12.1 Å². The smallest absolute Gasteiger partial charge is 0.330 e. The number of aromatic nitrogens is 2. The molecule has 0 saturated carbocycles. The molecule has 0 unspecified atom stereocenters. The van der Waals surface area contributed by atoms with E-state index in [4.69, 9.17) is 22.1 Å². The average Bonchev–Trinajstić information content (AvgIpc) is 3.03. The molecule has 0 spiro atoms. The molecule has 142 valence electrons. The molecule has 8 nitrogen and oxygen atoms in total. The maximum atomic E-state index is 12.9. The molecule has 26 heavy (non-hydrogen) atoms. The van der Waals surface area contributed by atoms with Crippen LogP contribution in [0.2, 0.25) is 4.34 Å². The van der Waals surface area contributed by atoms with Gasteiger partial charge in [0, 0.05) is 20.2 Å². The maximum Gasteiger partial charge on any atom is 0.330 e. The number of halogens is 1. The van der Waals surface area contributed by atoms with Crippen LogP contribution in [-0.4, -0.2) is 35.7 Å². The molecular formula is C16H21ClN4O4S. The van der Waals surface area contributed by atoms with Crippen LogP contribution >= 0.6 is 22.9 Å². The van der Waals surface area contributed by atoms with Gasteiger partial charge in [-0.15, -0.1) is 11.3 Å². The molecule has 0 saturated heterocycles. The molecule has 0 aliphatic carbocycles. The number of methoxy groups -OCH3 is 1. The molecular weight excluding hydrogens is 380 g/mol. The molecule has 10 heteroatoms. The first-order valence-electron chi connectivity index (χ1n) is 8.09. The second-order valence-corrected chi connectivity index (χ2v) is 7.27. The highest BCUT2D eigenvalue weighted by Crippen LogP contribution is 2.26. The van der Waals surface area contributed by atoms with E-state index in [9.17, 15) is 14.4 Å². The fraction of sp³-hybridized carbons (Fsp3) is 0.438. The number of carbonyl (C=O) groups is 1. The summed E-state index contributed by atoms with van der Waals surface area (Å²) in [7, 11) is 1.49. The Balaban J connectivity index is 2.55. The molecule has 3 N–H and O–H groups in total. The number of thiophene rings is 1. The number of rotatable bonds is 8. The van der Waals surface area contributed by atoms with Gasteiger partial charge in [0.15, 0.2) is 5.69 Å². The zero-order chi connectivity index (χ0) is 19.3. The molecule has 0 aromatic carbocycles. The summed E-state index contributed by atoms with van der Waals surface area (Å²) >= 11 is 7.01. The van der Waals surface area contributed by atoms with Gasteiger partial charge in [0.2, 0.25) is 0 Å². The van der Waals surface area contributed by atoms with Gasteiger partial charge >= 0.3 is 5.69 Å². The van der Waals surface area contributed by atoms with E-state index in [-0.39, 0.29) is 24.7 Å². The standard InChI is InChI=1S/C16H21ClN4O4S/c1-3-4-7-21-13(18)12(14(22)19-16(21)24)20(8-9-25-2)15(23)10-5-6-11(17)26-10/h5-6H,3-4,7-9,18H2,1-2H3,(H,19,22,24). The Morgan fingerprint density at radius 3 is 2.73 bits per heavy atom. The number of hydrogen-bond donors (Lipinski definition) is 2. The number of hydrogen-bond acceptors (Lipinski definition) is 6. The third kappa shape index (κ3) is 4.35. The molecule has 0 aliphatic rings. The van der Waals surface area contributed by atoms with Crippen molar-refractivity contribution < 1.29 is 9.53 Å². The van der Waals surface area contributed by atoms with Gasteiger partial charge in [0.1, 0.15) is 5.82 Å². The highest BCUT2D eigenvalue weighted by atomic mass is 35.5. The van der Waals surface area contributed by atoms with Crippen LogP contribution < -0.4 is 21.9 Å². The number of nitrogen functional groups attached to an aromatic ring is 1. The van der Waals surface area contributed by atoms with E-state index in [1.807, 2.05) is 6.92 Å². The van der Waals surface area contributed by atoms with Crippen LogP contribution in [0.25, 0.3) is 0 Å². The lowest BCUT2D eigenvalue weighted by Crippen LogP contribution is -2.42. The van der Waals surface area contributed by atoms with Gasteiger partial charge in [-0.25, -0.2) is 4.79 Å². The van der Waals surface area contributed by atoms with Gasteiger partial charge in [0.25, 0.3) is 11.5 Å². The molecule has 0 bridgehead atoms. The Morgan fingerprint density at radius 1 is 1.42 bits per heavy atom. The van der Waals surface area contributed by atoms with Gasteiger partial charge in [0.05, 0.1) is 15.8 Å². The fourth-order valence-corrected chi connectivity index (χ4v) is 3.43. The van der Waals surface area contributed by atoms with Crippen molar-refractivity contribution in [1.82, 2.24) is 9.55 Å². The molecule has 0 fully saturated rings. The van der Waals surface area contributed by atoms with Crippen LogP contribution in [0.3, 0.4) is 0 Å². The minimum absolute atomic E-state index is 0.0423. The van der Waals surface area contributed by atoms with Gasteiger partial charge < -0.3 is 10.5 Å². The third-order valence-electron chi connectivity index (χ3n) is 3.77. The number of unbranched alkanes of at least 4 members (excludes halogenated alkanes) is 1. The van der Waals surface area contributed by atoms with Crippen molar-refractivity contribution in [2.24, 2.45) is 0 Å². The number of nitrogens with zero attached hydrogens (tertiary/aromatic N) is 2. The fourth-order valence-electron chi connectivity index (χ4n) is 2.44. The number of nitrogens with two attached hydrogens (primary N) is 1. The molecule has 0 aliphatic heterocycles. The number of H-pyrrole nitrogens is 1. The van der Waals surface area contributed by atoms with Crippen LogP contribution in [0, 0.1) is 0 Å². The van der Waals surface area contributed by atoms with Gasteiger partial charge in [-0.1, -0.05) is 24.9 Å². The number of nitrogens with one attached hydrogen (secondary N) is 1. The summed E-state index contributed by atoms with van der Waals surface area (Å²) in [5, 5.41) is 0. The summed E-state index contributed by atoms with van der Waals surface area (Å²) in [5.41, 5.74) is 4.73. The van der Waals surface area contributed by atoms with Crippen LogP contribution in [0.4, 0.5) is 11.5 Å². The lowest BCUT2D eigenvalue weighted by atomic mass is 10.3. The van der Waals surface area contributed by atoms with Crippen molar-refractivity contribution in [3.63, 3.8) is 0 Å². The summed E-state index contributed by atoms with van der Waals surface area (Å²) in [4.78, 5) is 41.2. The van der Waals surface area contributed by atoms with Crippen molar-refractivity contribution in [1.29, 1.82) is 0 Å². The minimum Gasteiger partial charge on any atom is -0.383 e. The van der Waals surface area contributed by atoms with Crippen LogP contribution in [0.15, 0.2) is 21.7 Å². The highest BCUT2D eigenvalue weighted by Gasteiger charge is 2.26. The largest absolute Gasteiger partial charge is 0.383 e. The second-order valence-electron chi connectivity index (χ2n) is 5.55. The first-order chi connectivity index (χ1) is 12.4. The maximum absolute atomic E-state index is 12.9. The van der Waals surface area contributed by atoms with Crippen LogP contribution in [-0.2, 0) is 11.3 Å². The Morgan fingerprint density at radius 2 is 2.15 bits per heavy atom. The van der Waals surface area contributed by atoms with Gasteiger partial charge in [-0.2, -0.15) is 0 Å². The van der Waals surface area contributed by atoms with Crippen LogP contribution in [0.5, 0.6) is 0 Å². The zero-order valence-electron chi connectivity index (χ0n) is 14.6. The van der Waals surface area contributed by atoms with E-state index in [1.165, 1.54) is 16.6 Å². The van der Waals surface area contributed by atoms with Gasteiger partial charge in [-0.3, -0.25) is 24.0 Å². The number of aromatic amines is 1. The SMILES string of the molecule is CCCCn1c(N)c(N(CCOC)C(=O)c2ccc(Cl)s2)c(=O)[nH]c1=O. The number of ether oxygens (including phenoxy) is 1. The van der Waals surface area contributed by atoms with Crippen molar-refractivity contribution >= 4 is 40.4 Å². The zero-order valence-corrected chi connectivity index (χ0v) is 16.2. The Kier molecular flexibility index (Phi) is 7.01. The summed E-state index contributed by atoms with van der Waals surface area (Å²) in [6.45, 7) is 2.62.